The molecule has 23 heavy (non-hydrogen) atoms. The lowest BCUT2D eigenvalue weighted by Gasteiger charge is -2.17. The Balaban J connectivity index is 1.72. The molecule has 0 fully saturated rings. The molecular formula is C16H16N4O2S. The molecule has 3 aromatic rings. The summed E-state index contributed by atoms with van der Waals surface area (Å²) < 4.78 is 29.7. The fourth-order valence-corrected chi connectivity index (χ4v) is 4.12. The lowest BCUT2D eigenvalue weighted by molar-refractivity contribution is 0.600. The summed E-state index contributed by atoms with van der Waals surface area (Å²) in [5.74, 6) is 0. The van der Waals surface area contributed by atoms with Crippen molar-refractivity contribution in [1.82, 2.24) is 14.6 Å². The molecule has 0 aliphatic heterocycles. The van der Waals surface area contributed by atoms with E-state index in [0.29, 0.717) is 16.2 Å². The fourth-order valence-electron chi connectivity index (χ4n) is 3.01. The van der Waals surface area contributed by atoms with Gasteiger partial charge in [0.05, 0.1) is 10.6 Å². The maximum absolute atomic E-state index is 12.7. The van der Waals surface area contributed by atoms with Crippen molar-refractivity contribution in [3.05, 3.63) is 54.0 Å². The van der Waals surface area contributed by atoms with Crippen molar-refractivity contribution in [3.63, 3.8) is 0 Å². The summed E-state index contributed by atoms with van der Waals surface area (Å²) in [5.41, 5.74) is 3.30. The molecule has 1 N–H and O–H groups in total. The van der Waals surface area contributed by atoms with Gasteiger partial charge in [0.25, 0.3) is 10.0 Å². The minimum absolute atomic E-state index is 0.291. The Morgan fingerprint density at radius 1 is 1.09 bits per heavy atom. The molecule has 4 rings (SSSR count). The predicted molar refractivity (Wildman–Crippen MR) is 86.9 cm³/mol. The van der Waals surface area contributed by atoms with E-state index in [1.54, 1.807) is 34.9 Å². The number of aromatic nitrogens is 3. The first-order chi connectivity index (χ1) is 11.1. The second kappa shape index (κ2) is 5.34. The van der Waals surface area contributed by atoms with Crippen molar-refractivity contribution in [1.29, 1.82) is 0 Å². The third kappa shape index (κ3) is 2.57. The number of benzene rings is 1. The Labute approximate surface area is 134 Å². The standard InChI is InChI=1S/C16H16N4O2S/c21-23(22,14-8-7-12-4-1-2-5-13(12)10-14)19-15-6-3-9-20-11-17-18-16(15)20/h3,6-11,19H,1-2,4-5H2. The number of nitrogens with zero attached hydrogens (tertiary/aromatic N) is 3. The van der Waals surface area contributed by atoms with Crippen molar-refractivity contribution in [3.8, 4) is 0 Å². The molecule has 1 aromatic carbocycles. The van der Waals surface area contributed by atoms with Crippen LogP contribution in [0.3, 0.4) is 0 Å². The summed E-state index contributed by atoms with van der Waals surface area (Å²) in [7, 11) is -3.65. The average molecular weight is 328 g/mol. The number of anilines is 1. The molecule has 0 saturated carbocycles. The lowest BCUT2D eigenvalue weighted by atomic mass is 9.92. The van der Waals surface area contributed by atoms with Crippen molar-refractivity contribution in [2.45, 2.75) is 30.6 Å². The highest BCUT2D eigenvalue weighted by Gasteiger charge is 2.19. The zero-order valence-corrected chi connectivity index (χ0v) is 13.3. The van der Waals surface area contributed by atoms with Crippen LogP contribution in [0.5, 0.6) is 0 Å². The number of hydrogen-bond donors (Lipinski definition) is 1. The highest BCUT2D eigenvalue weighted by atomic mass is 32.2. The van der Waals surface area contributed by atoms with Crippen LogP contribution >= 0.6 is 0 Å². The number of aryl methyl sites for hydroxylation is 2. The smallest absolute Gasteiger partial charge is 0.262 e. The summed E-state index contributed by atoms with van der Waals surface area (Å²) in [5, 5.41) is 7.75. The molecular weight excluding hydrogens is 312 g/mol. The first-order valence-electron chi connectivity index (χ1n) is 7.56. The highest BCUT2D eigenvalue weighted by molar-refractivity contribution is 7.92. The van der Waals surface area contributed by atoms with Crippen LogP contribution in [0.15, 0.2) is 47.8 Å². The van der Waals surface area contributed by atoms with Gasteiger partial charge in [-0.25, -0.2) is 8.42 Å². The van der Waals surface area contributed by atoms with E-state index in [2.05, 4.69) is 14.9 Å². The molecule has 0 unspecified atom stereocenters. The maximum atomic E-state index is 12.7. The van der Waals surface area contributed by atoms with Crippen molar-refractivity contribution in [2.24, 2.45) is 0 Å². The predicted octanol–water partition coefficient (Wildman–Crippen LogP) is 2.41. The molecule has 0 saturated heterocycles. The molecule has 0 radical (unpaired) electrons. The number of rotatable bonds is 3. The average Bonchev–Trinajstić information content (AvgIpc) is 3.04. The number of fused-ring (bicyclic) bond motifs is 2. The van der Waals surface area contributed by atoms with E-state index in [4.69, 9.17) is 0 Å². The molecule has 2 aromatic heterocycles. The van der Waals surface area contributed by atoms with Gasteiger partial charge in [-0.3, -0.25) is 9.12 Å². The molecule has 2 heterocycles. The molecule has 0 amide bonds. The van der Waals surface area contributed by atoms with Crippen LogP contribution < -0.4 is 4.72 Å². The number of nitrogens with one attached hydrogen (secondary N) is 1. The largest absolute Gasteiger partial charge is 0.287 e. The number of pyridine rings is 1. The van der Waals surface area contributed by atoms with Crippen molar-refractivity contribution < 1.29 is 8.42 Å². The molecule has 0 bridgehead atoms. The van der Waals surface area contributed by atoms with Gasteiger partial charge < -0.3 is 0 Å². The van der Waals surface area contributed by atoms with Gasteiger partial charge in [0, 0.05) is 6.20 Å². The first kappa shape index (κ1) is 14.2. The second-order valence-corrected chi connectivity index (χ2v) is 7.41. The van der Waals surface area contributed by atoms with Gasteiger partial charge in [0.2, 0.25) is 0 Å². The fraction of sp³-hybridized carbons (Fsp3) is 0.250. The quantitative estimate of drug-likeness (QED) is 0.801. The molecule has 6 nitrogen and oxygen atoms in total. The van der Waals surface area contributed by atoms with E-state index in [9.17, 15) is 8.42 Å². The van der Waals surface area contributed by atoms with Gasteiger partial charge in [-0.05, 0) is 61.1 Å². The Bertz CT molecular complexity index is 979. The van der Waals surface area contributed by atoms with Crippen molar-refractivity contribution in [2.75, 3.05) is 4.72 Å². The Morgan fingerprint density at radius 3 is 2.78 bits per heavy atom. The molecule has 1 aliphatic rings. The summed E-state index contributed by atoms with van der Waals surface area (Å²) in [6.07, 6.45) is 7.56. The van der Waals surface area contributed by atoms with E-state index in [-0.39, 0.29) is 0 Å². The van der Waals surface area contributed by atoms with E-state index in [0.717, 1.165) is 24.8 Å². The highest BCUT2D eigenvalue weighted by Crippen LogP contribution is 2.25. The summed E-state index contributed by atoms with van der Waals surface area (Å²) >= 11 is 0. The van der Waals surface area contributed by atoms with Crippen LogP contribution in [0.25, 0.3) is 5.65 Å². The summed E-state index contributed by atoms with van der Waals surface area (Å²) in [4.78, 5) is 0.291. The number of sulfonamides is 1. The third-order valence-corrected chi connectivity index (χ3v) is 5.56. The van der Waals surface area contributed by atoms with Crippen LogP contribution in [0.2, 0.25) is 0 Å². The van der Waals surface area contributed by atoms with Gasteiger partial charge >= 0.3 is 0 Å². The molecule has 0 atom stereocenters. The molecule has 1 aliphatic carbocycles. The van der Waals surface area contributed by atoms with Crippen LogP contribution in [0.4, 0.5) is 5.69 Å². The second-order valence-electron chi connectivity index (χ2n) is 5.73. The van der Waals surface area contributed by atoms with Crippen molar-refractivity contribution >= 4 is 21.4 Å². The van der Waals surface area contributed by atoms with Crippen LogP contribution in [0.1, 0.15) is 24.0 Å². The SMILES string of the molecule is O=S(=O)(Nc1cccn2cnnc12)c1ccc2c(c1)CCCC2. The minimum atomic E-state index is -3.65. The third-order valence-electron chi connectivity index (χ3n) is 4.20. The molecule has 0 spiro atoms. The Hall–Kier alpha value is -2.41. The van der Waals surface area contributed by atoms with Gasteiger partial charge in [0.1, 0.15) is 6.33 Å². The van der Waals surface area contributed by atoms with Gasteiger partial charge in [-0.1, -0.05) is 6.07 Å². The maximum Gasteiger partial charge on any atom is 0.262 e. The Kier molecular flexibility index (Phi) is 3.30. The summed E-state index contributed by atoms with van der Waals surface area (Å²) in [6.45, 7) is 0. The summed E-state index contributed by atoms with van der Waals surface area (Å²) in [6, 6.07) is 8.83. The Morgan fingerprint density at radius 2 is 1.91 bits per heavy atom. The monoisotopic (exact) mass is 328 g/mol. The van der Waals surface area contributed by atoms with Gasteiger partial charge in [-0.2, -0.15) is 0 Å². The van der Waals surface area contributed by atoms with E-state index < -0.39 is 10.0 Å². The minimum Gasteiger partial charge on any atom is -0.287 e. The van der Waals surface area contributed by atoms with Crippen LogP contribution in [-0.4, -0.2) is 23.0 Å². The topological polar surface area (TPSA) is 76.4 Å². The van der Waals surface area contributed by atoms with Crippen LogP contribution in [-0.2, 0) is 22.9 Å². The lowest BCUT2D eigenvalue weighted by Crippen LogP contribution is -2.15. The van der Waals surface area contributed by atoms with E-state index >= 15 is 0 Å². The first-order valence-corrected chi connectivity index (χ1v) is 9.05. The van der Waals surface area contributed by atoms with E-state index in [1.165, 1.54) is 18.3 Å². The molecule has 7 heteroatoms. The zero-order chi connectivity index (χ0) is 15.9. The zero-order valence-electron chi connectivity index (χ0n) is 12.4. The van der Waals surface area contributed by atoms with Gasteiger partial charge in [-0.15, -0.1) is 10.2 Å². The number of hydrogen-bond acceptors (Lipinski definition) is 4. The van der Waals surface area contributed by atoms with Gasteiger partial charge in [0.15, 0.2) is 5.65 Å². The normalized spacial score (nSPS) is 14.6. The van der Waals surface area contributed by atoms with E-state index in [1.807, 2.05) is 6.07 Å². The molecule has 118 valence electrons. The van der Waals surface area contributed by atoms with Crippen LogP contribution in [0, 0.1) is 0 Å².